The summed E-state index contributed by atoms with van der Waals surface area (Å²) >= 11 is 0. The summed E-state index contributed by atoms with van der Waals surface area (Å²) in [4.78, 5) is 14.1. The average molecular weight is 211 g/mol. The summed E-state index contributed by atoms with van der Waals surface area (Å²) < 4.78 is 0. The molecule has 1 saturated carbocycles. The smallest absolute Gasteiger partial charge is 0.135 e. The Labute approximate surface area is 94.0 Å². The van der Waals surface area contributed by atoms with E-state index >= 15 is 0 Å². The van der Waals surface area contributed by atoms with E-state index in [1.165, 1.54) is 12.8 Å². The van der Waals surface area contributed by atoms with Crippen LogP contribution in [0.5, 0.6) is 0 Å². The zero-order valence-electron chi connectivity index (χ0n) is 10.5. The van der Waals surface area contributed by atoms with Crippen molar-refractivity contribution >= 4 is 5.78 Å². The molecule has 0 heterocycles. The minimum absolute atomic E-state index is 0.377. The molecule has 0 spiro atoms. The number of hydrogen-bond donors (Lipinski definition) is 0. The molecular formula is C13H25NO. The van der Waals surface area contributed by atoms with Crippen molar-refractivity contribution < 1.29 is 4.79 Å². The number of nitrogens with zero attached hydrogens (tertiary/aromatic N) is 1. The van der Waals surface area contributed by atoms with Gasteiger partial charge in [-0.2, -0.15) is 0 Å². The summed E-state index contributed by atoms with van der Waals surface area (Å²) in [6.45, 7) is 8.74. The molecule has 2 heteroatoms. The first-order valence-electron chi connectivity index (χ1n) is 6.49. The number of rotatable bonds is 5. The Morgan fingerprint density at radius 2 is 1.60 bits per heavy atom. The lowest BCUT2D eigenvalue weighted by Crippen LogP contribution is -2.38. The van der Waals surface area contributed by atoms with Crippen LogP contribution in [0.15, 0.2) is 0 Å². The summed E-state index contributed by atoms with van der Waals surface area (Å²) in [5.74, 6) is 0.856. The molecule has 0 aromatic carbocycles. The molecule has 88 valence electrons. The predicted molar refractivity (Wildman–Crippen MR) is 64.0 cm³/mol. The van der Waals surface area contributed by atoms with Gasteiger partial charge in [-0.3, -0.25) is 4.79 Å². The van der Waals surface area contributed by atoms with Crippen LogP contribution in [-0.4, -0.2) is 29.8 Å². The van der Waals surface area contributed by atoms with Gasteiger partial charge in [-0.25, -0.2) is 0 Å². The second-order valence-corrected chi connectivity index (χ2v) is 4.55. The standard InChI is InChI=1S/C13H25NO/c1-4-13(15)11-7-9-12(10-8-11)14(5-2)6-3/h11-12H,4-10H2,1-3H3/t11-,12+. The number of Topliss-reactive ketones (excluding diaryl/α,β-unsaturated/α-hetero) is 1. The van der Waals surface area contributed by atoms with E-state index in [2.05, 4.69) is 18.7 Å². The fourth-order valence-electron chi connectivity index (χ4n) is 2.79. The van der Waals surface area contributed by atoms with Gasteiger partial charge in [0.15, 0.2) is 0 Å². The van der Waals surface area contributed by atoms with Gasteiger partial charge in [0.25, 0.3) is 0 Å². The monoisotopic (exact) mass is 211 g/mol. The molecule has 0 atom stereocenters. The lowest BCUT2D eigenvalue weighted by atomic mass is 9.82. The van der Waals surface area contributed by atoms with Gasteiger partial charge in [0.2, 0.25) is 0 Å². The molecule has 2 nitrogen and oxygen atoms in total. The molecule has 0 N–H and O–H groups in total. The second kappa shape index (κ2) is 6.26. The predicted octanol–water partition coefficient (Wildman–Crippen LogP) is 2.87. The quantitative estimate of drug-likeness (QED) is 0.697. The molecule has 0 aromatic rings. The Balaban J connectivity index is 2.38. The van der Waals surface area contributed by atoms with Crippen LogP contribution in [-0.2, 0) is 4.79 Å². The molecule has 0 saturated heterocycles. The molecule has 0 bridgehead atoms. The number of carbonyl (C=O) groups excluding carboxylic acids is 1. The van der Waals surface area contributed by atoms with E-state index in [0.29, 0.717) is 11.7 Å². The highest BCUT2D eigenvalue weighted by Gasteiger charge is 2.27. The van der Waals surface area contributed by atoms with Crippen molar-refractivity contribution in [3.8, 4) is 0 Å². The van der Waals surface area contributed by atoms with Crippen LogP contribution in [0.2, 0.25) is 0 Å². The molecule has 0 aliphatic heterocycles. The van der Waals surface area contributed by atoms with Crippen molar-refractivity contribution in [1.82, 2.24) is 4.90 Å². The molecule has 0 unspecified atom stereocenters. The molecule has 0 amide bonds. The minimum Gasteiger partial charge on any atom is -0.301 e. The van der Waals surface area contributed by atoms with Crippen LogP contribution in [0.3, 0.4) is 0 Å². The summed E-state index contributed by atoms with van der Waals surface area (Å²) in [5, 5.41) is 0. The van der Waals surface area contributed by atoms with E-state index in [0.717, 1.165) is 38.4 Å². The SMILES string of the molecule is CCC(=O)[C@H]1CC[C@@H](N(CC)CC)CC1. The van der Waals surface area contributed by atoms with Crippen molar-refractivity contribution in [3.05, 3.63) is 0 Å². The highest BCUT2D eigenvalue weighted by atomic mass is 16.1. The van der Waals surface area contributed by atoms with Gasteiger partial charge in [0, 0.05) is 18.4 Å². The molecular weight excluding hydrogens is 186 g/mol. The Morgan fingerprint density at radius 3 is 2.00 bits per heavy atom. The number of hydrogen-bond acceptors (Lipinski definition) is 2. The molecule has 0 aromatic heterocycles. The fraction of sp³-hybridized carbons (Fsp3) is 0.923. The Hall–Kier alpha value is -0.370. The topological polar surface area (TPSA) is 20.3 Å². The van der Waals surface area contributed by atoms with Gasteiger partial charge < -0.3 is 4.90 Å². The van der Waals surface area contributed by atoms with Crippen LogP contribution in [0, 0.1) is 5.92 Å². The van der Waals surface area contributed by atoms with E-state index in [9.17, 15) is 4.79 Å². The van der Waals surface area contributed by atoms with Gasteiger partial charge in [-0.15, -0.1) is 0 Å². The fourth-order valence-corrected chi connectivity index (χ4v) is 2.79. The first-order valence-corrected chi connectivity index (χ1v) is 6.49. The zero-order chi connectivity index (χ0) is 11.3. The third kappa shape index (κ3) is 3.30. The maximum atomic E-state index is 11.6. The molecule has 0 radical (unpaired) electrons. The van der Waals surface area contributed by atoms with E-state index < -0.39 is 0 Å². The minimum atomic E-state index is 0.377. The first-order chi connectivity index (χ1) is 7.22. The molecule has 1 rings (SSSR count). The molecule has 1 aliphatic rings. The number of carbonyl (C=O) groups is 1. The summed E-state index contributed by atoms with van der Waals surface area (Å²) in [5.41, 5.74) is 0. The Bertz CT molecular complexity index is 191. The first kappa shape index (κ1) is 12.7. The summed E-state index contributed by atoms with van der Waals surface area (Å²) in [6, 6.07) is 0.737. The van der Waals surface area contributed by atoms with Crippen molar-refractivity contribution in [2.24, 2.45) is 5.92 Å². The van der Waals surface area contributed by atoms with Gasteiger partial charge in [-0.1, -0.05) is 20.8 Å². The van der Waals surface area contributed by atoms with Crippen molar-refractivity contribution in [2.75, 3.05) is 13.1 Å². The second-order valence-electron chi connectivity index (χ2n) is 4.55. The largest absolute Gasteiger partial charge is 0.301 e. The molecule has 1 aliphatic carbocycles. The molecule has 15 heavy (non-hydrogen) atoms. The third-order valence-electron chi connectivity index (χ3n) is 3.83. The van der Waals surface area contributed by atoms with Crippen molar-refractivity contribution in [3.63, 3.8) is 0 Å². The van der Waals surface area contributed by atoms with E-state index in [1.54, 1.807) is 0 Å². The summed E-state index contributed by atoms with van der Waals surface area (Å²) in [7, 11) is 0. The highest BCUT2D eigenvalue weighted by Crippen LogP contribution is 2.28. The van der Waals surface area contributed by atoms with Gasteiger partial charge in [0.1, 0.15) is 5.78 Å². The molecule has 1 fully saturated rings. The van der Waals surface area contributed by atoms with Gasteiger partial charge in [-0.05, 0) is 38.8 Å². The highest BCUT2D eigenvalue weighted by molar-refractivity contribution is 5.80. The van der Waals surface area contributed by atoms with Crippen LogP contribution < -0.4 is 0 Å². The van der Waals surface area contributed by atoms with Crippen molar-refractivity contribution in [1.29, 1.82) is 0 Å². The van der Waals surface area contributed by atoms with Crippen LogP contribution in [0.1, 0.15) is 52.9 Å². The van der Waals surface area contributed by atoms with Gasteiger partial charge >= 0.3 is 0 Å². The third-order valence-corrected chi connectivity index (χ3v) is 3.83. The van der Waals surface area contributed by atoms with E-state index in [1.807, 2.05) is 6.92 Å². The maximum absolute atomic E-state index is 11.6. The average Bonchev–Trinajstić information content (AvgIpc) is 2.30. The van der Waals surface area contributed by atoms with Crippen LogP contribution in [0.4, 0.5) is 0 Å². The lowest BCUT2D eigenvalue weighted by molar-refractivity contribution is -0.123. The van der Waals surface area contributed by atoms with Crippen molar-refractivity contribution in [2.45, 2.75) is 58.9 Å². The van der Waals surface area contributed by atoms with E-state index in [4.69, 9.17) is 0 Å². The van der Waals surface area contributed by atoms with Gasteiger partial charge in [0.05, 0.1) is 0 Å². The van der Waals surface area contributed by atoms with Crippen LogP contribution >= 0.6 is 0 Å². The van der Waals surface area contributed by atoms with E-state index in [-0.39, 0.29) is 0 Å². The Kier molecular flexibility index (Phi) is 5.30. The van der Waals surface area contributed by atoms with Crippen LogP contribution in [0.25, 0.3) is 0 Å². The zero-order valence-corrected chi connectivity index (χ0v) is 10.5. The number of ketones is 1. The lowest BCUT2D eigenvalue weighted by Gasteiger charge is -2.35. The summed E-state index contributed by atoms with van der Waals surface area (Å²) in [6.07, 6.45) is 5.40. The Morgan fingerprint density at radius 1 is 1.07 bits per heavy atom. The normalized spacial score (nSPS) is 26.9. The maximum Gasteiger partial charge on any atom is 0.135 e.